The summed E-state index contributed by atoms with van der Waals surface area (Å²) in [6.45, 7) is 8.80. The van der Waals surface area contributed by atoms with Crippen molar-refractivity contribution in [2.45, 2.75) is 71.4 Å². The highest BCUT2D eigenvalue weighted by molar-refractivity contribution is 6.33. The minimum atomic E-state index is -0.387. The van der Waals surface area contributed by atoms with Gasteiger partial charge in [-0.3, -0.25) is 9.79 Å². The van der Waals surface area contributed by atoms with E-state index in [-0.39, 0.29) is 23.9 Å². The average Bonchev–Trinajstić information content (AvgIpc) is 2.98. The lowest BCUT2D eigenvalue weighted by Gasteiger charge is -2.39. The van der Waals surface area contributed by atoms with Gasteiger partial charge in [0.1, 0.15) is 24.4 Å². The molecule has 2 aromatic carbocycles. The Balaban J connectivity index is 1.61. The summed E-state index contributed by atoms with van der Waals surface area (Å²) >= 11 is 6.79. The number of fused-ring (bicyclic) bond motifs is 1. The highest BCUT2D eigenvalue weighted by Gasteiger charge is 2.37. The van der Waals surface area contributed by atoms with Crippen molar-refractivity contribution in [2.24, 2.45) is 16.8 Å². The molecule has 1 amide bonds. The van der Waals surface area contributed by atoms with E-state index in [0.717, 1.165) is 68.4 Å². The monoisotopic (exact) mass is 625 g/mol. The van der Waals surface area contributed by atoms with Crippen LogP contribution in [0.1, 0.15) is 70.9 Å². The minimum absolute atomic E-state index is 0.0796. The van der Waals surface area contributed by atoms with E-state index in [1.54, 1.807) is 6.07 Å². The van der Waals surface area contributed by atoms with Crippen molar-refractivity contribution in [3.8, 4) is 11.5 Å². The van der Waals surface area contributed by atoms with Crippen LogP contribution in [0.15, 0.2) is 35.3 Å². The normalized spacial score (nSPS) is 21.1. The summed E-state index contributed by atoms with van der Waals surface area (Å²) in [6, 6.07) is 8.97. The molecule has 9 nitrogen and oxygen atoms in total. The summed E-state index contributed by atoms with van der Waals surface area (Å²) in [5.74, 6) is 1.23. The van der Waals surface area contributed by atoms with Gasteiger partial charge in [0.2, 0.25) is 5.91 Å². The van der Waals surface area contributed by atoms with Crippen LogP contribution in [0.25, 0.3) is 0 Å². The first-order valence-electron chi connectivity index (χ1n) is 15.9. The molecule has 0 radical (unpaired) electrons. The summed E-state index contributed by atoms with van der Waals surface area (Å²) in [7, 11) is 3.98. The van der Waals surface area contributed by atoms with Crippen LogP contribution in [-0.2, 0) is 9.59 Å². The van der Waals surface area contributed by atoms with Gasteiger partial charge in [-0.05, 0) is 77.4 Å². The van der Waals surface area contributed by atoms with E-state index in [9.17, 15) is 9.59 Å². The molecule has 0 fully saturated rings. The molecule has 44 heavy (non-hydrogen) atoms. The van der Waals surface area contributed by atoms with Crippen molar-refractivity contribution >= 4 is 46.6 Å². The van der Waals surface area contributed by atoms with Crippen LogP contribution in [0.3, 0.4) is 0 Å². The number of carbonyl (C=O) groups excluding carboxylic acids is 2. The van der Waals surface area contributed by atoms with Crippen LogP contribution >= 0.6 is 11.6 Å². The van der Waals surface area contributed by atoms with Crippen molar-refractivity contribution in [3.05, 3.63) is 40.9 Å². The maximum absolute atomic E-state index is 12.9. The molecule has 2 aliphatic heterocycles. The van der Waals surface area contributed by atoms with E-state index in [4.69, 9.17) is 21.1 Å². The second-order valence-electron chi connectivity index (χ2n) is 12.0. The predicted octanol–water partition coefficient (Wildman–Crippen LogP) is 6.83. The first-order valence-corrected chi connectivity index (χ1v) is 16.3. The third-order valence-corrected chi connectivity index (χ3v) is 8.65. The van der Waals surface area contributed by atoms with Crippen LogP contribution in [0.2, 0.25) is 5.02 Å². The Kier molecular flexibility index (Phi) is 12.3. The third-order valence-electron chi connectivity index (χ3n) is 8.33. The van der Waals surface area contributed by atoms with E-state index < -0.39 is 0 Å². The number of hydrogen-bond donors (Lipinski definition) is 3. The topological polar surface area (TPSA) is 104 Å². The molecule has 4 rings (SSSR count). The summed E-state index contributed by atoms with van der Waals surface area (Å²) in [5.41, 5.74) is 4.10. The lowest BCUT2D eigenvalue weighted by Crippen LogP contribution is -2.41. The molecule has 4 unspecified atom stereocenters. The van der Waals surface area contributed by atoms with Crippen molar-refractivity contribution in [3.63, 3.8) is 0 Å². The molecule has 3 N–H and O–H groups in total. The molecule has 4 atom stereocenters. The van der Waals surface area contributed by atoms with Crippen molar-refractivity contribution in [1.82, 2.24) is 4.90 Å². The summed E-state index contributed by atoms with van der Waals surface area (Å²) in [6.07, 6.45) is 6.15. The fourth-order valence-electron chi connectivity index (χ4n) is 5.94. The number of rotatable bonds is 15. The van der Waals surface area contributed by atoms with Gasteiger partial charge in [0, 0.05) is 42.4 Å². The van der Waals surface area contributed by atoms with Gasteiger partial charge in [-0.15, -0.1) is 0 Å². The second kappa shape index (κ2) is 16.1. The molecule has 0 spiro atoms. The minimum Gasteiger partial charge on any atom is -0.492 e. The van der Waals surface area contributed by atoms with Crippen LogP contribution in [0.4, 0.5) is 17.1 Å². The van der Waals surface area contributed by atoms with E-state index in [1.807, 2.05) is 45.3 Å². The number of nitrogens with one attached hydrogen (secondary N) is 3. The number of hydrogen-bond acceptors (Lipinski definition) is 8. The Morgan fingerprint density at radius 2 is 2.00 bits per heavy atom. The smallest absolute Gasteiger partial charge is 0.224 e. The molecule has 0 bridgehead atoms. The molecule has 2 heterocycles. The number of aliphatic imine (C=N–C) groups is 1. The van der Waals surface area contributed by atoms with Crippen molar-refractivity contribution in [2.75, 3.05) is 56.3 Å². The summed E-state index contributed by atoms with van der Waals surface area (Å²) in [5, 5.41) is 10.7. The number of nitrogens with zero attached hydrogens (tertiary/aromatic N) is 2. The van der Waals surface area contributed by atoms with E-state index in [1.165, 1.54) is 0 Å². The number of halogens is 1. The second-order valence-corrected chi connectivity index (χ2v) is 12.5. The SMILES string of the molecule is CCCC1Nc2cc(OCC)c(NC(=O)CCCN(C)C)cc2C(Nc2ccc(OCC3=NCCCC3C)cc2Cl)C1C=O. The largest absolute Gasteiger partial charge is 0.492 e. The lowest BCUT2D eigenvalue weighted by molar-refractivity contribution is -0.116. The highest BCUT2D eigenvalue weighted by atomic mass is 35.5. The van der Waals surface area contributed by atoms with Gasteiger partial charge >= 0.3 is 0 Å². The molecular weight excluding hydrogens is 578 g/mol. The summed E-state index contributed by atoms with van der Waals surface area (Å²) < 4.78 is 12.0. The standard InChI is InChI=1S/C34H48ClN5O4/c1-6-10-27-25(20-41)34(39-28-14-13-23(17-26(28)35)44-21-31-22(3)11-8-15-36-31)24-18-30(32(43-7-2)19-29(24)37-27)38-33(42)12-9-16-40(4)5/h13-14,17-20,22,25,27,34,37,39H,6-12,15-16,21H2,1-5H3,(H,38,42). The Morgan fingerprint density at radius 3 is 2.68 bits per heavy atom. The van der Waals surface area contributed by atoms with Crippen LogP contribution < -0.4 is 25.4 Å². The molecule has 0 aromatic heterocycles. The van der Waals surface area contributed by atoms with E-state index >= 15 is 0 Å². The molecule has 0 saturated carbocycles. The number of aldehydes is 1. The maximum Gasteiger partial charge on any atom is 0.224 e. The van der Waals surface area contributed by atoms with Crippen molar-refractivity contribution in [1.29, 1.82) is 0 Å². The number of amides is 1. The Labute approximate surface area is 267 Å². The highest BCUT2D eigenvalue weighted by Crippen LogP contribution is 2.45. The first-order chi connectivity index (χ1) is 21.2. The number of carbonyl (C=O) groups is 2. The Hall–Kier alpha value is -3.30. The van der Waals surface area contributed by atoms with E-state index in [0.29, 0.717) is 53.4 Å². The fourth-order valence-corrected chi connectivity index (χ4v) is 6.16. The van der Waals surface area contributed by atoms with Gasteiger partial charge in [-0.25, -0.2) is 0 Å². The quantitative estimate of drug-likeness (QED) is 0.186. The molecule has 2 aliphatic rings. The zero-order chi connectivity index (χ0) is 31.6. The number of anilines is 3. The zero-order valence-corrected chi connectivity index (χ0v) is 27.5. The van der Waals surface area contributed by atoms with Gasteiger partial charge in [-0.1, -0.05) is 31.9 Å². The molecule has 0 saturated heterocycles. The maximum atomic E-state index is 12.9. The molecule has 2 aromatic rings. The average molecular weight is 626 g/mol. The lowest BCUT2D eigenvalue weighted by atomic mass is 9.81. The van der Waals surface area contributed by atoms with Gasteiger partial charge in [0.05, 0.1) is 40.7 Å². The molecule has 0 aliphatic carbocycles. The zero-order valence-electron chi connectivity index (χ0n) is 26.7. The Morgan fingerprint density at radius 1 is 1.18 bits per heavy atom. The molecular formula is C34H48ClN5O4. The number of benzene rings is 2. The predicted molar refractivity (Wildman–Crippen MR) is 180 cm³/mol. The van der Waals surface area contributed by atoms with Crippen LogP contribution in [0, 0.1) is 11.8 Å². The molecule has 10 heteroatoms. The van der Waals surface area contributed by atoms with Crippen LogP contribution in [-0.4, -0.2) is 69.2 Å². The van der Waals surface area contributed by atoms with E-state index in [2.05, 4.69) is 39.7 Å². The van der Waals surface area contributed by atoms with Crippen molar-refractivity contribution < 1.29 is 19.1 Å². The first kappa shape index (κ1) is 33.6. The van der Waals surface area contributed by atoms with Gasteiger partial charge in [0.25, 0.3) is 0 Å². The van der Waals surface area contributed by atoms with Gasteiger partial charge in [0.15, 0.2) is 0 Å². The Bertz CT molecular complexity index is 1320. The van der Waals surface area contributed by atoms with Gasteiger partial charge in [-0.2, -0.15) is 0 Å². The van der Waals surface area contributed by atoms with Gasteiger partial charge < -0.3 is 35.1 Å². The molecule has 240 valence electrons. The third kappa shape index (κ3) is 8.66. The fraction of sp³-hybridized carbons (Fsp3) is 0.559. The summed E-state index contributed by atoms with van der Waals surface area (Å²) in [4.78, 5) is 32.2. The number of ether oxygens (including phenoxy) is 2. The van der Waals surface area contributed by atoms with Crippen LogP contribution in [0.5, 0.6) is 11.5 Å².